The number of imidazole rings is 1. The summed E-state index contributed by atoms with van der Waals surface area (Å²) in [5.74, 6) is 3.14. The van der Waals surface area contributed by atoms with Crippen LogP contribution in [0.5, 0.6) is 0 Å². The Balaban J connectivity index is 2.23. The zero-order chi connectivity index (χ0) is 12.3. The van der Waals surface area contributed by atoms with Gasteiger partial charge in [0.15, 0.2) is 11.5 Å². The van der Waals surface area contributed by atoms with Crippen molar-refractivity contribution in [2.45, 2.75) is 19.9 Å². The first-order valence-electron chi connectivity index (χ1n) is 5.68. The molecule has 17 heavy (non-hydrogen) atoms. The lowest BCUT2D eigenvalue weighted by molar-refractivity contribution is 0.754. The Morgan fingerprint density at radius 1 is 1.41 bits per heavy atom. The van der Waals surface area contributed by atoms with E-state index in [4.69, 9.17) is 0 Å². The van der Waals surface area contributed by atoms with Crippen LogP contribution in [-0.4, -0.2) is 44.5 Å². The van der Waals surface area contributed by atoms with E-state index in [1.54, 1.807) is 12.7 Å². The number of fused-ring (bicyclic) bond motifs is 1. The van der Waals surface area contributed by atoms with Crippen LogP contribution in [0.15, 0.2) is 12.7 Å². The van der Waals surface area contributed by atoms with Crippen molar-refractivity contribution in [1.82, 2.24) is 19.9 Å². The fourth-order valence-corrected chi connectivity index (χ4v) is 2.43. The molecular weight excluding hydrogens is 234 g/mol. The predicted molar refractivity (Wildman–Crippen MR) is 72.5 cm³/mol. The molecule has 0 radical (unpaired) electrons. The number of anilines is 1. The van der Waals surface area contributed by atoms with Gasteiger partial charge in [0.25, 0.3) is 0 Å². The number of hydrogen-bond acceptors (Lipinski definition) is 5. The third-order valence-corrected chi connectivity index (χ3v) is 3.89. The second kappa shape index (κ2) is 5.35. The molecule has 6 heteroatoms. The van der Waals surface area contributed by atoms with Gasteiger partial charge in [0.1, 0.15) is 11.8 Å². The van der Waals surface area contributed by atoms with Crippen LogP contribution in [0, 0.1) is 0 Å². The monoisotopic (exact) mass is 251 g/mol. The molecule has 0 saturated heterocycles. The van der Waals surface area contributed by atoms with E-state index >= 15 is 0 Å². The second-order valence-electron chi connectivity index (χ2n) is 3.92. The molecule has 1 atom stereocenters. The predicted octanol–water partition coefficient (Wildman–Crippen LogP) is 1.93. The van der Waals surface area contributed by atoms with Gasteiger partial charge in [0.05, 0.1) is 6.33 Å². The number of nitrogens with zero attached hydrogens (tertiary/aromatic N) is 4. The van der Waals surface area contributed by atoms with Crippen LogP contribution in [0.25, 0.3) is 11.2 Å². The van der Waals surface area contributed by atoms with E-state index in [1.165, 1.54) is 0 Å². The summed E-state index contributed by atoms with van der Waals surface area (Å²) in [6.07, 6.45) is 3.22. The van der Waals surface area contributed by atoms with Crippen LogP contribution < -0.4 is 4.90 Å². The summed E-state index contributed by atoms with van der Waals surface area (Å²) in [7, 11) is 2.06. The van der Waals surface area contributed by atoms with Gasteiger partial charge in [-0.1, -0.05) is 6.92 Å². The molecule has 2 rings (SSSR count). The maximum Gasteiger partial charge on any atom is 0.182 e. The topological polar surface area (TPSA) is 57.7 Å². The number of hydrogen-bond donors (Lipinski definition) is 1. The first kappa shape index (κ1) is 12.2. The number of thioether (sulfide) groups is 1. The molecule has 5 nitrogen and oxygen atoms in total. The lowest BCUT2D eigenvalue weighted by Gasteiger charge is -2.25. The van der Waals surface area contributed by atoms with Crippen molar-refractivity contribution < 1.29 is 0 Å². The highest BCUT2D eigenvalue weighted by Gasteiger charge is 2.15. The van der Waals surface area contributed by atoms with E-state index in [9.17, 15) is 0 Å². The average Bonchev–Trinajstić information content (AvgIpc) is 2.82. The van der Waals surface area contributed by atoms with Gasteiger partial charge in [-0.3, -0.25) is 0 Å². The first-order valence-corrected chi connectivity index (χ1v) is 6.84. The molecule has 0 aliphatic heterocycles. The lowest BCUT2D eigenvalue weighted by Crippen LogP contribution is -2.31. The molecular formula is C11H17N5S. The number of aromatic amines is 1. The Hall–Kier alpha value is -1.30. The molecule has 0 amide bonds. The van der Waals surface area contributed by atoms with Crippen molar-refractivity contribution in [2.24, 2.45) is 0 Å². The van der Waals surface area contributed by atoms with E-state index in [0.717, 1.165) is 28.5 Å². The highest BCUT2D eigenvalue weighted by atomic mass is 32.2. The average molecular weight is 251 g/mol. The number of nitrogens with one attached hydrogen (secondary N) is 1. The van der Waals surface area contributed by atoms with Crippen molar-refractivity contribution in [1.29, 1.82) is 0 Å². The molecule has 92 valence electrons. The minimum absolute atomic E-state index is 0.432. The number of aromatic nitrogens is 4. The molecule has 0 aliphatic carbocycles. The van der Waals surface area contributed by atoms with E-state index in [2.05, 4.69) is 45.7 Å². The fourth-order valence-electron chi connectivity index (χ4n) is 1.63. The normalized spacial score (nSPS) is 12.9. The summed E-state index contributed by atoms with van der Waals surface area (Å²) in [6, 6.07) is 0.432. The van der Waals surface area contributed by atoms with Crippen molar-refractivity contribution in [3.63, 3.8) is 0 Å². The second-order valence-corrected chi connectivity index (χ2v) is 5.24. The van der Waals surface area contributed by atoms with Crippen molar-refractivity contribution in [3.05, 3.63) is 12.7 Å². The van der Waals surface area contributed by atoms with Gasteiger partial charge in [-0.2, -0.15) is 11.8 Å². The lowest BCUT2D eigenvalue weighted by atomic mass is 10.3. The van der Waals surface area contributed by atoms with Gasteiger partial charge in [0, 0.05) is 18.8 Å². The SMILES string of the molecule is CCSCC(C)N(C)c1ncnc2nc[nH]c12. The quantitative estimate of drug-likeness (QED) is 0.880. The minimum Gasteiger partial charge on any atom is -0.354 e. The minimum atomic E-state index is 0.432. The summed E-state index contributed by atoms with van der Waals surface area (Å²) in [6.45, 7) is 4.38. The largest absolute Gasteiger partial charge is 0.354 e. The zero-order valence-corrected chi connectivity index (χ0v) is 11.2. The molecule has 0 bridgehead atoms. The summed E-state index contributed by atoms with van der Waals surface area (Å²) >= 11 is 1.94. The summed E-state index contributed by atoms with van der Waals surface area (Å²) < 4.78 is 0. The molecule has 2 aromatic heterocycles. The Bertz CT molecular complexity index is 483. The maximum absolute atomic E-state index is 4.34. The fraction of sp³-hybridized carbons (Fsp3) is 0.545. The van der Waals surface area contributed by atoms with Gasteiger partial charge in [-0.05, 0) is 12.7 Å². The number of rotatable bonds is 5. The van der Waals surface area contributed by atoms with Crippen LogP contribution in [0.4, 0.5) is 5.82 Å². The van der Waals surface area contributed by atoms with E-state index < -0.39 is 0 Å². The van der Waals surface area contributed by atoms with Gasteiger partial charge in [0.2, 0.25) is 0 Å². The number of H-pyrrole nitrogens is 1. The van der Waals surface area contributed by atoms with E-state index in [0.29, 0.717) is 6.04 Å². The molecule has 0 fully saturated rings. The molecule has 2 aromatic rings. The standard InChI is InChI=1S/C11H17N5S/c1-4-17-5-8(2)16(3)11-9-10(13-6-12-9)14-7-15-11/h6-8H,4-5H2,1-3H3,(H,12,13,14,15). The van der Waals surface area contributed by atoms with Gasteiger partial charge < -0.3 is 9.88 Å². The Kier molecular flexibility index (Phi) is 3.83. The van der Waals surface area contributed by atoms with Crippen LogP contribution in [0.3, 0.4) is 0 Å². The van der Waals surface area contributed by atoms with E-state index in [-0.39, 0.29) is 0 Å². The highest BCUT2D eigenvalue weighted by Crippen LogP contribution is 2.21. The first-order chi connectivity index (χ1) is 8.24. The maximum atomic E-state index is 4.34. The van der Waals surface area contributed by atoms with Gasteiger partial charge in [-0.15, -0.1) is 0 Å². The Labute approximate surface area is 105 Å². The molecule has 0 aliphatic rings. The third kappa shape index (κ3) is 2.52. The smallest absolute Gasteiger partial charge is 0.182 e. The van der Waals surface area contributed by atoms with Crippen molar-refractivity contribution >= 4 is 28.7 Å². The third-order valence-electron chi connectivity index (χ3n) is 2.76. The van der Waals surface area contributed by atoms with Crippen LogP contribution in [0.2, 0.25) is 0 Å². The van der Waals surface area contributed by atoms with Crippen LogP contribution in [-0.2, 0) is 0 Å². The van der Waals surface area contributed by atoms with Crippen LogP contribution in [0.1, 0.15) is 13.8 Å². The molecule has 0 saturated carbocycles. The van der Waals surface area contributed by atoms with E-state index in [1.807, 2.05) is 11.8 Å². The molecule has 0 aromatic carbocycles. The van der Waals surface area contributed by atoms with Gasteiger partial charge in [-0.25, -0.2) is 15.0 Å². The summed E-state index contributed by atoms with van der Waals surface area (Å²) in [4.78, 5) is 17.9. The summed E-state index contributed by atoms with van der Waals surface area (Å²) in [5.41, 5.74) is 1.63. The van der Waals surface area contributed by atoms with Crippen molar-refractivity contribution in [2.75, 3.05) is 23.5 Å². The molecule has 0 spiro atoms. The highest BCUT2D eigenvalue weighted by molar-refractivity contribution is 7.99. The Morgan fingerprint density at radius 2 is 2.24 bits per heavy atom. The summed E-state index contributed by atoms with van der Waals surface area (Å²) in [5, 5.41) is 0. The molecule has 2 heterocycles. The van der Waals surface area contributed by atoms with Crippen LogP contribution >= 0.6 is 11.8 Å². The zero-order valence-electron chi connectivity index (χ0n) is 10.3. The molecule has 1 N–H and O–H groups in total. The Morgan fingerprint density at radius 3 is 3.00 bits per heavy atom. The van der Waals surface area contributed by atoms with Gasteiger partial charge >= 0.3 is 0 Å². The molecule has 1 unspecified atom stereocenters. The van der Waals surface area contributed by atoms with Crippen molar-refractivity contribution in [3.8, 4) is 0 Å².